The van der Waals surface area contributed by atoms with Crippen molar-refractivity contribution in [2.24, 2.45) is 0 Å². The first-order valence-corrected chi connectivity index (χ1v) is 6.90. The predicted octanol–water partition coefficient (Wildman–Crippen LogP) is 1.52. The molecule has 1 unspecified atom stereocenters. The van der Waals surface area contributed by atoms with Crippen molar-refractivity contribution in [3.63, 3.8) is 0 Å². The van der Waals surface area contributed by atoms with Gasteiger partial charge in [0.2, 0.25) is 0 Å². The molecular formula is C13H16N2O4S. The van der Waals surface area contributed by atoms with Gasteiger partial charge in [-0.25, -0.2) is 0 Å². The summed E-state index contributed by atoms with van der Waals surface area (Å²) in [5, 5.41) is 18.5. The zero-order chi connectivity index (χ0) is 14.6. The summed E-state index contributed by atoms with van der Waals surface area (Å²) < 4.78 is 9.81. The van der Waals surface area contributed by atoms with Crippen molar-refractivity contribution < 1.29 is 19.2 Å². The van der Waals surface area contributed by atoms with Gasteiger partial charge in [0.1, 0.15) is 12.2 Å². The third-order valence-electron chi connectivity index (χ3n) is 2.72. The van der Waals surface area contributed by atoms with Gasteiger partial charge in [0, 0.05) is 18.1 Å². The van der Waals surface area contributed by atoms with Crippen LogP contribution in [0, 0.1) is 0 Å². The van der Waals surface area contributed by atoms with Gasteiger partial charge < -0.3 is 19.7 Å². The molecule has 7 heteroatoms. The summed E-state index contributed by atoms with van der Waals surface area (Å²) in [7, 11) is 1.53. The molecule has 1 amide bonds. The van der Waals surface area contributed by atoms with Crippen LogP contribution in [0.5, 0.6) is 0 Å². The number of amides is 1. The lowest BCUT2D eigenvalue weighted by Gasteiger charge is -2.21. The standard InChI is InChI=1S/C13H16N2O4S/c1-13(17,11-4-3-5-20-11)8-14-12(16)10-6-9(7-18-2)19-15-10/h3-6,17H,7-8H2,1-2H3,(H,14,16). The Bertz CT molecular complexity index is 563. The highest BCUT2D eigenvalue weighted by atomic mass is 32.1. The normalized spacial score (nSPS) is 13.9. The van der Waals surface area contributed by atoms with Crippen LogP contribution in [0.2, 0.25) is 0 Å². The highest BCUT2D eigenvalue weighted by Gasteiger charge is 2.25. The van der Waals surface area contributed by atoms with Gasteiger partial charge in [-0.3, -0.25) is 4.79 Å². The summed E-state index contributed by atoms with van der Waals surface area (Å²) in [5.74, 6) is 0.0793. The number of thiophene rings is 1. The Hall–Kier alpha value is -1.70. The van der Waals surface area contributed by atoms with E-state index in [1.54, 1.807) is 6.92 Å². The zero-order valence-electron chi connectivity index (χ0n) is 11.3. The van der Waals surface area contributed by atoms with Crippen LogP contribution >= 0.6 is 11.3 Å². The molecule has 0 aromatic carbocycles. The number of carbonyl (C=O) groups is 1. The average molecular weight is 296 g/mol. The first-order chi connectivity index (χ1) is 9.53. The van der Waals surface area contributed by atoms with Crippen molar-refractivity contribution in [3.05, 3.63) is 39.9 Å². The van der Waals surface area contributed by atoms with Crippen molar-refractivity contribution in [1.29, 1.82) is 0 Å². The monoisotopic (exact) mass is 296 g/mol. The molecule has 0 aliphatic rings. The smallest absolute Gasteiger partial charge is 0.273 e. The molecular weight excluding hydrogens is 280 g/mol. The molecule has 6 nitrogen and oxygen atoms in total. The number of nitrogens with zero attached hydrogens (tertiary/aromatic N) is 1. The maximum atomic E-state index is 11.9. The average Bonchev–Trinajstić information content (AvgIpc) is 3.07. The fourth-order valence-corrected chi connectivity index (χ4v) is 2.43. The van der Waals surface area contributed by atoms with E-state index in [2.05, 4.69) is 10.5 Å². The fourth-order valence-electron chi connectivity index (χ4n) is 1.65. The van der Waals surface area contributed by atoms with Gasteiger partial charge >= 0.3 is 0 Å². The molecule has 0 saturated heterocycles. The van der Waals surface area contributed by atoms with Crippen LogP contribution in [-0.4, -0.2) is 29.8 Å². The van der Waals surface area contributed by atoms with Crippen molar-refractivity contribution >= 4 is 17.2 Å². The second-order valence-electron chi connectivity index (χ2n) is 4.55. The van der Waals surface area contributed by atoms with Crippen molar-refractivity contribution in [2.45, 2.75) is 19.1 Å². The summed E-state index contributed by atoms with van der Waals surface area (Å²) >= 11 is 1.44. The van der Waals surface area contributed by atoms with Crippen molar-refractivity contribution in [1.82, 2.24) is 10.5 Å². The number of aromatic nitrogens is 1. The van der Waals surface area contributed by atoms with Gasteiger partial charge in [0.25, 0.3) is 5.91 Å². The Balaban J connectivity index is 1.94. The van der Waals surface area contributed by atoms with Crippen LogP contribution < -0.4 is 5.32 Å². The summed E-state index contributed by atoms with van der Waals surface area (Å²) in [6, 6.07) is 5.19. The van der Waals surface area contributed by atoms with Crippen LogP contribution in [0.1, 0.15) is 28.0 Å². The lowest BCUT2D eigenvalue weighted by atomic mass is 10.1. The number of methoxy groups -OCH3 is 1. The molecule has 20 heavy (non-hydrogen) atoms. The molecule has 0 fully saturated rings. The highest BCUT2D eigenvalue weighted by molar-refractivity contribution is 7.10. The Morgan fingerprint density at radius 3 is 3.10 bits per heavy atom. The van der Waals surface area contributed by atoms with E-state index in [1.807, 2.05) is 17.5 Å². The van der Waals surface area contributed by atoms with Gasteiger partial charge in [-0.1, -0.05) is 11.2 Å². The van der Waals surface area contributed by atoms with Crippen LogP contribution in [0.3, 0.4) is 0 Å². The SMILES string of the molecule is COCc1cc(C(=O)NCC(C)(O)c2cccs2)no1. The summed E-state index contributed by atoms with van der Waals surface area (Å²) in [5.41, 5.74) is -0.942. The molecule has 0 radical (unpaired) electrons. The molecule has 2 aromatic rings. The maximum absolute atomic E-state index is 11.9. The Kier molecular flexibility index (Phi) is 4.53. The molecule has 2 rings (SSSR count). The van der Waals surface area contributed by atoms with Gasteiger partial charge in [-0.05, 0) is 18.4 Å². The molecule has 1 atom stereocenters. The topological polar surface area (TPSA) is 84.6 Å². The van der Waals surface area contributed by atoms with E-state index < -0.39 is 11.5 Å². The Morgan fingerprint density at radius 2 is 2.45 bits per heavy atom. The molecule has 0 aliphatic heterocycles. The van der Waals surface area contributed by atoms with Gasteiger partial charge in [-0.2, -0.15) is 0 Å². The van der Waals surface area contributed by atoms with E-state index in [1.165, 1.54) is 24.5 Å². The van der Waals surface area contributed by atoms with E-state index in [-0.39, 0.29) is 18.8 Å². The Labute approximate surface area is 120 Å². The summed E-state index contributed by atoms with van der Waals surface area (Å²) in [6.07, 6.45) is 0. The number of ether oxygens (including phenoxy) is 1. The number of carbonyl (C=O) groups excluding carboxylic acids is 1. The molecule has 0 aliphatic carbocycles. The minimum atomic E-state index is -1.11. The maximum Gasteiger partial charge on any atom is 0.273 e. The number of aliphatic hydroxyl groups is 1. The van der Waals surface area contributed by atoms with E-state index in [9.17, 15) is 9.90 Å². The molecule has 0 bridgehead atoms. The molecule has 2 aromatic heterocycles. The highest BCUT2D eigenvalue weighted by Crippen LogP contribution is 2.24. The largest absolute Gasteiger partial charge is 0.383 e. The van der Waals surface area contributed by atoms with Crippen molar-refractivity contribution in [3.8, 4) is 0 Å². The van der Waals surface area contributed by atoms with Crippen LogP contribution in [-0.2, 0) is 16.9 Å². The second-order valence-corrected chi connectivity index (χ2v) is 5.49. The third kappa shape index (κ3) is 3.44. The minimum Gasteiger partial charge on any atom is -0.383 e. The summed E-state index contributed by atoms with van der Waals surface area (Å²) in [4.78, 5) is 12.7. The van der Waals surface area contributed by atoms with E-state index >= 15 is 0 Å². The molecule has 2 N–H and O–H groups in total. The third-order valence-corrected chi connectivity index (χ3v) is 3.85. The van der Waals surface area contributed by atoms with E-state index in [0.717, 1.165) is 4.88 Å². The number of hydrogen-bond donors (Lipinski definition) is 2. The van der Waals surface area contributed by atoms with Gasteiger partial charge in [0.15, 0.2) is 11.5 Å². The molecule has 0 saturated carbocycles. The molecule has 0 spiro atoms. The zero-order valence-corrected chi connectivity index (χ0v) is 12.1. The summed E-state index contributed by atoms with van der Waals surface area (Å²) in [6.45, 7) is 2.00. The Morgan fingerprint density at radius 1 is 1.65 bits per heavy atom. The predicted molar refractivity (Wildman–Crippen MR) is 73.4 cm³/mol. The van der Waals surface area contributed by atoms with E-state index in [4.69, 9.17) is 9.26 Å². The lowest BCUT2D eigenvalue weighted by molar-refractivity contribution is 0.0554. The quantitative estimate of drug-likeness (QED) is 0.844. The number of hydrogen-bond acceptors (Lipinski definition) is 6. The molecule has 108 valence electrons. The second kappa shape index (κ2) is 6.17. The van der Waals surface area contributed by atoms with E-state index in [0.29, 0.717) is 5.76 Å². The lowest BCUT2D eigenvalue weighted by Crippen LogP contribution is -2.38. The van der Waals surface area contributed by atoms with Crippen LogP contribution in [0.4, 0.5) is 0 Å². The van der Waals surface area contributed by atoms with Crippen LogP contribution in [0.15, 0.2) is 28.1 Å². The number of nitrogens with one attached hydrogen (secondary N) is 1. The van der Waals surface area contributed by atoms with Crippen molar-refractivity contribution in [2.75, 3.05) is 13.7 Å². The first kappa shape index (κ1) is 14.7. The first-order valence-electron chi connectivity index (χ1n) is 6.02. The number of rotatable bonds is 6. The minimum absolute atomic E-state index is 0.0960. The van der Waals surface area contributed by atoms with Crippen LogP contribution in [0.25, 0.3) is 0 Å². The molecule has 2 heterocycles. The van der Waals surface area contributed by atoms with Gasteiger partial charge in [-0.15, -0.1) is 11.3 Å². The fraction of sp³-hybridized carbons (Fsp3) is 0.385. The van der Waals surface area contributed by atoms with Gasteiger partial charge in [0.05, 0.1) is 6.54 Å².